The number of rotatable bonds is 10. The summed E-state index contributed by atoms with van der Waals surface area (Å²) in [6, 6.07) is 17.0. The summed E-state index contributed by atoms with van der Waals surface area (Å²) in [6.07, 6.45) is 1.77. The molecule has 1 amide bonds. The van der Waals surface area contributed by atoms with Gasteiger partial charge in [0.05, 0.1) is 33.2 Å². The second-order valence-corrected chi connectivity index (χ2v) is 10.4. The van der Waals surface area contributed by atoms with Crippen molar-refractivity contribution in [2.45, 2.75) is 20.5 Å². The van der Waals surface area contributed by atoms with E-state index in [1.165, 1.54) is 28.8 Å². The number of halogens is 1. The van der Waals surface area contributed by atoms with Gasteiger partial charge in [-0.3, -0.25) is 19.8 Å². The van der Waals surface area contributed by atoms with Gasteiger partial charge in [0.15, 0.2) is 15.8 Å². The van der Waals surface area contributed by atoms with Crippen LogP contribution in [-0.2, 0) is 11.4 Å². The maximum Gasteiger partial charge on any atom is 0.270 e. The highest BCUT2D eigenvalue weighted by molar-refractivity contribution is 9.10. The molecule has 8 nitrogen and oxygen atoms in total. The van der Waals surface area contributed by atoms with Crippen LogP contribution in [-0.4, -0.2) is 28.4 Å². The lowest BCUT2D eigenvalue weighted by Crippen LogP contribution is -2.27. The minimum atomic E-state index is -0.445. The molecule has 1 heterocycles. The first kappa shape index (κ1) is 27.6. The molecule has 4 rings (SSSR count). The average molecular weight is 616 g/mol. The zero-order valence-corrected chi connectivity index (χ0v) is 23.7. The third-order valence-corrected chi connectivity index (χ3v) is 7.25. The summed E-state index contributed by atoms with van der Waals surface area (Å²) in [7, 11) is 0. The summed E-state index contributed by atoms with van der Waals surface area (Å²) in [6.45, 7) is 4.93. The maximum absolute atomic E-state index is 13.2. The lowest BCUT2D eigenvalue weighted by Gasteiger charge is -2.15. The third kappa shape index (κ3) is 6.35. The average Bonchev–Trinajstić information content (AvgIpc) is 3.17. The van der Waals surface area contributed by atoms with E-state index >= 15 is 0 Å². The molecule has 0 aromatic heterocycles. The number of amides is 1. The summed E-state index contributed by atoms with van der Waals surface area (Å²) in [4.78, 5) is 25.6. The number of hydrogen-bond donors (Lipinski definition) is 0. The van der Waals surface area contributed by atoms with E-state index < -0.39 is 4.92 Å². The van der Waals surface area contributed by atoms with Crippen LogP contribution < -0.4 is 19.1 Å². The summed E-state index contributed by atoms with van der Waals surface area (Å²) < 4.78 is 18.4. The predicted octanol–water partition coefficient (Wildman–Crippen LogP) is 7.14. The summed E-state index contributed by atoms with van der Waals surface area (Å²) in [5.41, 5.74) is 2.19. The number of carbonyl (C=O) groups is 1. The van der Waals surface area contributed by atoms with Gasteiger partial charge in [0.2, 0.25) is 0 Å². The molecule has 1 fully saturated rings. The number of nitrogens with zero attached hydrogens (tertiary/aromatic N) is 2. The molecule has 0 N–H and O–H groups in total. The Balaban J connectivity index is 1.55. The molecule has 196 valence electrons. The number of anilines is 1. The first-order valence-corrected chi connectivity index (χ1v) is 13.7. The van der Waals surface area contributed by atoms with Gasteiger partial charge >= 0.3 is 0 Å². The van der Waals surface area contributed by atoms with Crippen molar-refractivity contribution in [2.24, 2.45) is 0 Å². The topological polar surface area (TPSA) is 91.1 Å². The Hall–Kier alpha value is -3.41. The van der Waals surface area contributed by atoms with E-state index in [2.05, 4.69) is 15.9 Å². The van der Waals surface area contributed by atoms with Crippen LogP contribution in [0, 0.1) is 10.1 Å². The zero-order valence-electron chi connectivity index (χ0n) is 20.5. The standard InChI is InChI=1S/C27H23BrN2O6S2/c1-3-34-21-11-9-19(10-12-21)29-26(31)24(38-27(29)37)15-18-13-22(28)25(23(14-18)35-4-2)36-16-17-5-7-20(8-6-17)30(32)33/h5-15H,3-4,16H2,1-2H3. The van der Waals surface area contributed by atoms with E-state index in [1.54, 1.807) is 36.4 Å². The van der Waals surface area contributed by atoms with Crippen molar-refractivity contribution >= 4 is 67.6 Å². The molecular formula is C27H23BrN2O6S2. The molecule has 1 aliphatic heterocycles. The molecule has 0 atom stereocenters. The Morgan fingerprint density at radius 1 is 1.03 bits per heavy atom. The summed E-state index contributed by atoms with van der Waals surface area (Å²) in [5.74, 6) is 1.50. The van der Waals surface area contributed by atoms with E-state index in [0.29, 0.717) is 44.1 Å². The Bertz CT molecular complexity index is 1390. The number of nitro benzene ring substituents is 1. The first-order valence-electron chi connectivity index (χ1n) is 11.6. The number of non-ortho nitro benzene ring substituents is 1. The summed E-state index contributed by atoms with van der Waals surface area (Å²) >= 11 is 10.3. The number of ether oxygens (including phenoxy) is 3. The molecule has 0 saturated carbocycles. The quantitative estimate of drug-likeness (QED) is 0.103. The van der Waals surface area contributed by atoms with Gasteiger partial charge < -0.3 is 14.2 Å². The highest BCUT2D eigenvalue weighted by Gasteiger charge is 2.33. The molecule has 0 bridgehead atoms. The van der Waals surface area contributed by atoms with Crippen molar-refractivity contribution in [1.82, 2.24) is 0 Å². The fourth-order valence-corrected chi connectivity index (χ4v) is 5.52. The van der Waals surface area contributed by atoms with Crippen molar-refractivity contribution < 1.29 is 23.9 Å². The lowest BCUT2D eigenvalue weighted by atomic mass is 10.1. The molecule has 11 heteroatoms. The van der Waals surface area contributed by atoms with E-state index in [1.807, 2.05) is 32.0 Å². The van der Waals surface area contributed by atoms with Crippen molar-refractivity contribution in [3.8, 4) is 17.2 Å². The summed E-state index contributed by atoms with van der Waals surface area (Å²) in [5, 5.41) is 10.9. The van der Waals surface area contributed by atoms with Gasteiger partial charge in [-0.05, 0) is 95.5 Å². The van der Waals surface area contributed by atoms with Crippen LogP contribution in [0.5, 0.6) is 17.2 Å². The highest BCUT2D eigenvalue weighted by atomic mass is 79.9. The van der Waals surface area contributed by atoms with Gasteiger partial charge in [-0.1, -0.05) is 24.0 Å². The Morgan fingerprint density at radius 3 is 2.34 bits per heavy atom. The molecule has 38 heavy (non-hydrogen) atoms. The van der Waals surface area contributed by atoms with Gasteiger partial charge in [-0.15, -0.1) is 0 Å². The number of hydrogen-bond acceptors (Lipinski definition) is 8. The molecular weight excluding hydrogens is 592 g/mol. The Labute approximate surface area is 237 Å². The van der Waals surface area contributed by atoms with Crippen LogP contribution in [0.3, 0.4) is 0 Å². The van der Waals surface area contributed by atoms with Crippen molar-refractivity contribution in [3.63, 3.8) is 0 Å². The van der Waals surface area contributed by atoms with Crippen LogP contribution in [0.2, 0.25) is 0 Å². The number of carbonyl (C=O) groups excluding carboxylic acids is 1. The third-order valence-electron chi connectivity index (χ3n) is 5.36. The smallest absolute Gasteiger partial charge is 0.270 e. The molecule has 0 spiro atoms. The predicted molar refractivity (Wildman–Crippen MR) is 156 cm³/mol. The van der Waals surface area contributed by atoms with Crippen molar-refractivity contribution in [3.05, 3.63) is 91.3 Å². The number of benzene rings is 3. The fourth-order valence-electron chi connectivity index (χ4n) is 3.64. The molecule has 1 saturated heterocycles. The SMILES string of the molecule is CCOc1ccc(N2C(=O)C(=Cc3cc(Br)c(OCc4ccc([N+](=O)[O-])cc4)c(OCC)c3)SC2=S)cc1. The first-order chi connectivity index (χ1) is 18.3. The Morgan fingerprint density at radius 2 is 1.71 bits per heavy atom. The van der Waals surface area contributed by atoms with E-state index in [4.69, 9.17) is 26.4 Å². The zero-order chi connectivity index (χ0) is 27.2. The van der Waals surface area contributed by atoms with Crippen LogP contribution in [0.25, 0.3) is 6.08 Å². The largest absolute Gasteiger partial charge is 0.494 e. The van der Waals surface area contributed by atoms with Crippen LogP contribution >= 0.6 is 39.9 Å². The van der Waals surface area contributed by atoms with E-state index in [9.17, 15) is 14.9 Å². The molecule has 0 radical (unpaired) electrons. The number of nitro groups is 1. The molecule has 0 aliphatic carbocycles. The minimum Gasteiger partial charge on any atom is -0.494 e. The van der Waals surface area contributed by atoms with Gasteiger partial charge in [0.25, 0.3) is 11.6 Å². The monoisotopic (exact) mass is 614 g/mol. The van der Waals surface area contributed by atoms with Gasteiger partial charge in [0, 0.05) is 12.1 Å². The number of thiocarbonyl (C=S) groups is 1. The minimum absolute atomic E-state index is 0.0160. The van der Waals surface area contributed by atoms with Crippen LogP contribution in [0.15, 0.2) is 70.0 Å². The fraction of sp³-hybridized carbons (Fsp3) is 0.185. The normalized spacial score (nSPS) is 14.2. The second-order valence-electron chi connectivity index (χ2n) is 7.92. The van der Waals surface area contributed by atoms with E-state index in [-0.39, 0.29) is 18.2 Å². The maximum atomic E-state index is 13.2. The van der Waals surface area contributed by atoms with Crippen molar-refractivity contribution in [1.29, 1.82) is 0 Å². The second kappa shape index (κ2) is 12.4. The molecule has 0 unspecified atom stereocenters. The van der Waals surface area contributed by atoms with Gasteiger partial charge in [0.1, 0.15) is 12.4 Å². The van der Waals surface area contributed by atoms with E-state index in [0.717, 1.165) is 16.9 Å². The van der Waals surface area contributed by atoms with Gasteiger partial charge in [-0.2, -0.15) is 0 Å². The van der Waals surface area contributed by atoms with Crippen LogP contribution in [0.4, 0.5) is 11.4 Å². The molecule has 1 aliphatic rings. The number of thioether (sulfide) groups is 1. The van der Waals surface area contributed by atoms with Crippen LogP contribution in [0.1, 0.15) is 25.0 Å². The lowest BCUT2D eigenvalue weighted by molar-refractivity contribution is -0.384. The van der Waals surface area contributed by atoms with Crippen molar-refractivity contribution in [2.75, 3.05) is 18.1 Å². The Kier molecular flexibility index (Phi) is 9.03. The van der Waals surface area contributed by atoms with Gasteiger partial charge in [-0.25, -0.2) is 0 Å². The highest BCUT2D eigenvalue weighted by Crippen LogP contribution is 2.41. The molecule has 3 aromatic rings. The molecule has 3 aromatic carbocycles.